The van der Waals surface area contributed by atoms with Gasteiger partial charge in [0.25, 0.3) is 0 Å². The minimum Gasteiger partial charge on any atom is -0.493 e. The molecule has 10 heteroatoms. The van der Waals surface area contributed by atoms with E-state index in [1.165, 1.54) is 16.7 Å². The number of methoxy groups -OCH3 is 4. The van der Waals surface area contributed by atoms with E-state index < -0.39 is 12.1 Å². The molecule has 7 rings (SSSR count). The number of hydrogen-bond acceptors (Lipinski definition) is 8. The number of benzene rings is 3. The first-order valence-electron chi connectivity index (χ1n) is 18.9. The maximum absolute atomic E-state index is 14.8. The largest absolute Gasteiger partial charge is 0.493 e. The van der Waals surface area contributed by atoms with Gasteiger partial charge >= 0.3 is 6.09 Å². The monoisotopic (exact) mass is 711 g/mol. The molecule has 4 heterocycles. The Bertz CT molecular complexity index is 1750. The van der Waals surface area contributed by atoms with Gasteiger partial charge in [-0.05, 0) is 102 Å². The molecule has 5 atom stereocenters. The summed E-state index contributed by atoms with van der Waals surface area (Å²) in [6.07, 6.45) is 5.53. The van der Waals surface area contributed by atoms with Gasteiger partial charge in [0.05, 0.1) is 34.5 Å². The van der Waals surface area contributed by atoms with Gasteiger partial charge in [-0.1, -0.05) is 43.7 Å². The van der Waals surface area contributed by atoms with Crippen LogP contribution in [0.15, 0.2) is 54.6 Å². The lowest BCUT2D eigenvalue weighted by Crippen LogP contribution is -2.52. The molecule has 4 aliphatic rings. The molecule has 0 radical (unpaired) electrons. The van der Waals surface area contributed by atoms with E-state index >= 15 is 0 Å². The van der Waals surface area contributed by atoms with Crippen LogP contribution in [-0.2, 0) is 29.0 Å². The van der Waals surface area contributed by atoms with Crippen LogP contribution in [0.25, 0.3) is 0 Å². The number of piperidine rings is 1. The average Bonchev–Trinajstić information content (AvgIpc) is 3.69. The van der Waals surface area contributed by atoms with Crippen molar-refractivity contribution in [3.63, 3.8) is 0 Å². The van der Waals surface area contributed by atoms with Crippen LogP contribution in [0.2, 0.25) is 0 Å². The second-order valence-corrected chi connectivity index (χ2v) is 14.7. The Kier molecular flexibility index (Phi) is 10.8. The van der Waals surface area contributed by atoms with Gasteiger partial charge in [-0.15, -0.1) is 0 Å². The molecule has 2 saturated heterocycles. The Morgan fingerprint density at radius 1 is 0.750 bits per heavy atom. The highest BCUT2D eigenvalue weighted by Crippen LogP contribution is 2.49. The zero-order valence-corrected chi connectivity index (χ0v) is 31.3. The van der Waals surface area contributed by atoms with Crippen molar-refractivity contribution in [1.82, 2.24) is 14.7 Å². The van der Waals surface area contributed by atoms with Crippen LogP contribution in [0.3, 0.4) is 0 Å². The number of ether oxygens (including phenoxy) is 5. The number of fused-ring (bicyclic) bond motifs is 4. The number of hydrogen-bond donors (Lipinski definition) is 0. The fraction of sp³-hybridized carbons (Fsp3) is 0.524. The number of nitrogens with zero attached hydrogens (tertiary/aromatic N) is 3. The van der Waals surface area contributed by atoms with Gasteiger partial charge in [0, 0.05) is 32.2 Å². The van der Waals surface area contributed by atoms with Crippen molar-refractivity contribution < 1.29 is 33.3 Å². The molecule has 0 saturated carbocycles. The summed E-state index contributed by atoms with van der Waals surface area (Å²) in [7, 11) is 6.72. The van der Waals surface area contributed by atoms with Crippen LogP contribution in [-0.4, -0.2) is 87.4 Å². The molecule has 10 nitrogen and oxygen atoms in total. The molecule has 4 aliphatic heterocycles. The van der Waals surface area contributed by atoms with Gasteiger partial charge in [0.15, 0.2) is 23.0 Å². The van der Waals surface area contributed by atoms with E-state index in [9.17, 15) is 9.59 Å². The number of likely N-dealkylation sites (tertiary alicyclic amines) is 1. The molecular weight excluding hydrogens is 658 g/mol. The quantitative estimate of drug-likeness (QED) is 0.223. The van der Waals surface area contributed by atoms with Gasteiger partial charge in [-0.2, -0.15) is 0 Å². The topological polar surface area (TPSA) is 90.0 Å². The van der Waals surface area contributed by atoms with Crippen LogP contribution in [0.5, 0.6) is 23.0 Å². The van der Waals surface area contributed by atoms with Crippen molar-refractivity contribution in [2.75, 3.05) is 54.6 Å². The van der Waals surface area contributed by atoms with Crippen molar-refractivity contribution in [2.45, 2.75) is 76.6 Å². The molecule has 0 aliphatic carbocycles. The van der Waals surface area contributed by atoms with Crippen LogP contribution in [0, 0.1) is 11.8 Å². The lowest BCUT2D eigenvalue weighted by atomic mass is 9.72. The molecule has 3 aromatic carbocycles. The average molecular weight is 712 g/mol. The predicted molar refractivity (Wildman–Crippen MR) is 198 cm³/mol. The zero-order chi connectivity index (χ0) is 36.4. The summed E-state index contributed by atoms with van der Waals surface area (Å²) in [5, 5.41) is 0. The lowest BCUT2D eigenvalue weighted by molar-refractivity contribution is -0.139. The maximum Gasteiger partial charge on any atom is 0.410 e. The van der Waals surface area contributed by atoms with Crippen molar-refractivity contribution in [2.24, 2.45) is 11.8 Å². The molecule has 278 valence electrons. The molecule has 2 amide bonds. The third kappa shape index (κ3) is 6.89. The Labute approximate surface area is 307 Å². The minimum atomic E-state index is -0.552. The molecule has 52 heavy (non-hydrogen) atoms. The van der Waals surface area contributed by atoms with Gasteiger partial charge in [-0.3, -0.25) is 14.6 Å². The molecule has 0 unspecified atom stereocenters. The van der Waals surface area contributed by atoms with Crippen molar-refractivity contribution >= 4 is 12.0 Å². The number of carbonyl (C=O) groups excluding carboxylic acids is 2. The van der Waals surface area contributed by atoms with E-state index in [0.29, 0.717) is 49.3 Å². The smallest absolute Gasteiger partial charge is 0.410 e. The maximum atomic E-state index is 14.8. The van der Waals surface area contributed by atoms with Crippen molar-refractivity contribution in [3.8, 4) is 23.0 Å². The normalized spacial score (nSPS) is 24.0. The Morgan fingerprint density at radius 2 is 1.38 bits per heavy atom. The van der Waals surface area contributed by atoms with Crippen molar-refractivity contribution in [3.05, 3.63) is 82.4 Å². The third-order valence-corrected chi connectivity index (χ3v) is 12.1. The van der Waals surface area contributed by atoms with E-state index in [2.05, 4.69) is 41.0 Å². The lowest BCUT2D eigenvalue weighted by Gasteiger charge is -2.49. The molecule has 0 aromatic heterocycles. The molecule has 0 N–H and O–H groups in total. The second-order valence-electron chi connectivity index (χ2n) is 14.7. The highest BCUT2D eigenvalue weighted by Gasteiger charge is 2.45. The van der Waals surface area contributed by atoms with E-state index in [0.717, 1.165) is 67.8 Å². The number of carbonyl (C=O) groups is 2. The summed E-state index contributed by atoms with van der Waals surface area (Å²) in [4.78, 5) is 34.6. The van der Waals surface area contributed by atoms with Crippen LogP contribution in [0.1, 0.15) is 78.9 Å². The van der Waals surface area contributed by atoms with Crippen molar-refractivity contribution in [1.29, 1.82) is 0 Å². The second kappa shape index (κ2) is 15.7. The predicted octanol–water partition coefficient (Wildman–Crippen LogP) is 6.98. The summed E-state index contributed by atoms with van der Waals surface area (Å²) >= 11 is 0. The molecular formula is C42H53N3O7. The van der Waals surface area contributed by atoms with Gasteiger partial charge < -0.3 is 28.6 Å². The first kappa shape index (κ1) is 35.9. The first-order valence-corrected chi connectivity index (χ1v) is 18.9. The van der Waals surface area contributed by atoms with E-state index in [-0.39, 0.29) is 24.6 Å². The molecule has 2 fully saturated rings. The van der Waals surface area contributed by atoms with Crippen LogP contribution in [0.4, 0.5) is 4.79 Å². The highest BCUT2D eigenvalue weighted by atomic mass is 16.6. The summed E-state index contributed by atoms with van der Waals surface area (Å²) in [6, 6.07) is 17.7. The van der Waals surface area contributed by atoms with Crippen LogP contribution < -0.4 is 18.9 Å². The molecule has 0 spiro atoms. The number of amides is 2. The van der Waals surface area contributed by atoms with E-state index in [1.807, 2.05) is 30.3 Å². The van der Waals surface area contributed by atoms with E-state index in [1.54, 1.807) is 33.3 Å². The summed E-state index contributed by atoms with van der Waals surface area (Å²) in [5.74, 6) is 3.75. The standard InChI is InChI=1S/C42H53N3O7/c1-6-28-25-43-17-14-29-21-37(48-2)39(50-4)23-32(29)35(43)19-31(28)20-36-33-24-40(51-5)38(49-3)22-30(33)15-18-44(36)41(46)34-13-10-16-45(34)42(47)52-26-27-11-8-7-9-12-27/h7-9,11-12,21-24,28,31,34-36H,6,10,13-20,25-26H2,1-5H3/t28-,31+,34-,35+,36-/m0/s1. The van der Waals surface area contributed by atoms with Crippen LogP contribution >= 0.6 is 0 Å². The SMILES string of the molecule is CC[C@H]1CN2CCc3cc(OC)c(OC)cc3[C@H]2C[C@@H]1C[C@H]1c2cc(OC)c(OC)cc2CCN1C(=O)[C@@H]1CCCN1C(=O)OCc1ccccc1. The Balaban J connectivity index is 1.19. The highest BCUT2D eigenvalue weighted by molar-refractivity contribution is 5.87. The Hall–Kier alpha value is -4.44. The molecule has 0 bridgehead atoms. The summed E-state index contributed by atoms with van der Waals surface area (Å²) in [6.45, 7) is 5.60. The summed E-state index contributed by atoms with van der Waals surface area (Å²) in [5.41, 5.74) is 5.86. The number of rotatable bonds is 10. The fourth-order valence-corrected chi connectivity index (χ4v) is 9.32. The van der Waals surface area contributed by atoms with Gasteiger partial charge in [0.2, 0.25) is 5.91 Å². The minimum absolute atomic E-state index is 0.00456. The van der Waals surface area contributed by atoms with Gasteiger partial charge in [-0.25, -0.2) is 4.79 Å². The third-order valence-electron chi connectivity index (χ3n) is 12.1. The van der Waals surface area contributed by atoms with Gasteiger partial charge in [0.1, 0.15) is 12.6 Å². The summed E-state index contributed by atoms with van der Waals surface area (Å²) < 4.78 is 28.7. The zero-order valence-electron chi connectivity index (χ0n) is 31.3. The molecule has 3 aromatic rings. The fourth-order valence-electron chi connectivity index (χ4n) is 9.32. The Morgan fingerprint density at radius 3 is 2.06 bits per heavy atom. The first-order chi connectivity index (χ1) is 25.4. The van der Waals surface area contributed by atoms with E-state index in [4.69, 9.17) is 23.7 Å².